The van der Waals surface area contributed by atoms with E-state index in [1.807, 2.05) is 25.1 Å². The van der Waals surface area contributed by atoms with E-state index in [0.29, 0.717) is 28.8 Å². The molecule has 0 radical (unpaired) electrons. The van der Waals surface area contributed by atoms with E-state index < -0.39 is 17.2 Å². The van der Waals surface area contributed by atoms with Gasteiger partial charge in [0.2, 0.25) is 0 Å². The molecule has 37 heavy (non-hydrogen) atoms. The topological polar surface area (TPSA) is 90.1 Å². The number of aryl methyl sites for hydroxylation is 2. The molecule has 10 heteroatoms. The monoisotopic (exact) mass is 524 g/mol. The molecule has 190 valence electrons. The molecule has 1 fully saturated rings. The molecule has 0 aliphatic heterocycles. The summed E-state index contributed by atoms with van der Waals surface area (Å²) in [5.41, 5.74) is 2.93. The summed E-state index contributed by atoms with van der Waals surface area (Å²) < 4.78 is 34.1. The third-order valence-electron chi connectivity index (χ3n) is 6.58. The van der Waals surface area contributed by atoms with Gasteiger partial charge in [0.15, 0.2) is 5.82 Å². The minimum absolute atomic E-state index is 0.0431. The van der Waals surface area contributed by atoms with Crippen LogP contribution in [0, 0.1) is 25.5 Å². The molecule has 5 rings (SSSR count). The van der Waals surface area contributed by atoms with Crippen molar-refractivity contribution >= 4 is 11.6 Å². The lowest BCUT2D eigenvalue weighted by molar-refractivity contribution is 0.252. The molecular weight excluding hydrogens is 502 g/mol. The first kappa shape index (κ1) is 25.0. The Hall–Kier alpha value is -3.69. The van der Waals surface area contributed by atoms with Crippen molar-refractivity contribution in [3.8, 4) is 22.8 Å². The number of hydrogen-bond donors (Lipinski definition) is 1. The first-order chi connectivity index (χ1) is 17.7. The number of ether oxygens (including phenoxy) is 1. The van der Waals surface area contributed by atoms with Crippen molar-refractivity contribution in [2.24, 2.45) is 0 Å². The van der Waals surface area contributed by atoms with Crippen LogP contribution in [0.5, 0.6) is 5.75 Å². The Labute approximate surface area is 216 Å². The van der Waals surface area contributed by atoms with Gasteiger partial charge in [0.05, 0.1) is 29.9 Å². The number of rotatable bonds is 7. The smallest absolute Gasteiger partial charge is 0.277 e. The zero-order valence-corrected chi connectivity index (χ0v) is 20.9. The Morgan fingerprint density at radius 2 is 1.89 bits per heavy atom. The molecular formula is C27H23ClF2N4O3. The molecule has 0 amide bonds. The number of pyridine rings is 4. The van der Waals surface area contributed by atoms with E-state index in [4.69, 9.17) is 21.3 Å². The second kappa shape index (κ2) is 9.64. The Morgan fingerprint density at radius 1 is 1.11 bits per heavy atom. The minimum Gasteiger partial charge on any atom is -0.485 e. The van der Waals surface area contributed by atoms with Crippen molar-refractivity contribution in [3.63, 3.8) is 0 Å². The molecule has 0 aromatic carbocycles. The van der Waals surface area contributed by atoms with Gasteiger partial charge in [-0.25, -0.2) is 8.78 Å². The van der Waals surface area contributed by atoms with E-state index >= 15 is 0 Å². The highest BCUT2D eigenvalue weighted by Gasteiger charge is 2.45. The minimum atomic E-state index is -0.856. The molecule has 0 unspecified atom stereocenters. The van der Waals surface area contributed by atoms with Crippen LogP contribution in [0.3, 0.4) is 0 Å². The Kier molecular flexibility index (Phi) is 6.51. The van der Waals surface area contributed by atoms with Crippen LogP contribution in [0.15, 0.2) is 53.6 Å². The van der Waals surface area contributed by atoms with Crippen LogP contribution in [0.4, 0.5) is 8.78 Å². The van der Waals surface area contributed by atoms with Crippen molar-refractivity contribution in [2.75, 3.05) is 6.61 Å². The fourth-order valence-electron chi connectivity index (χ4n) is 4.19. The van der Waals surface area contributed by atoms with E-state index in [1.165, 1.54) is 4.57 Å². The summed E-state index contributed by atoms with van der Waals surface area (Å²) in [4.78, 5) is 26.3. The molecule has 1 N–H and O–H groups in total. The number of nitrogens with zero attached hydrogens (tertiary/aromatic N) is 4. The highest BCUT2D eigenvalue weighted by Crippen LogP contribution is 2.47. The van der Waals surface area contributed by atoms with Gasteiger partial charge in [0.1, 0.15) is 28.9 Å². The Morgan fingerprint density at radius 3 is 2.59 bits per heavy atom. The van der Waals surface area contributed by atoms with E-state index in [0.717, 1.165) is 30.3 Å². The summed E-state index contributed by atoms with van der Waals surface area (Å²) >= 11 is 6.37. The lowest BCUT2D eigenvalue weighted by Gasteiger charge is -2.17. The Bertz CT molecular complexity index is 1570. The maximum absolute atomic E-state index is 13.9. The number of aromatic nitrogens is 4. The van der Waals surface area contributed by atoms with Crippen LogP contribution in [0.1, 0.15) is 35.5 Å². The molecule has 1 aliphatic rings. The lowest BCUT2D eigenvalue weighted by atomic mass is 10.0. The van der Waals surface area contributed by atoms with Crippen LogP contribution >= 0.6 is 11.6 Å². The van der Waals surface area contributed by atoms with E-state index in [-0.39, 0.29) is 35.1 Å². The summed E-state index contributed by atoms with van der Waals surface area (Å²) in [5.74, 6) is -1.59. The van der Waals surface area contributed by atoms with E-state index in [9.17, 15) is 18.7 Å². The average Bonchev–Trinajstić information content (AvgIpc) is 3.69. The zero-order chi connectivity index (χ0) is 26.3. The summed E-state index contributed by atoms with van der Waals surface area (Å²) in [6, 6.07) is 9.67. The average molecular weight is 525 g/mol. The number of halogens is 3. The van der Waals surface area contributed by atoms with Crippen LogP contribution < -0.4 is 10.3 Å². The lowest BCUT2D eigenvalue weighted by Crippen LogP contribution is -2.23. The van der Waals surface area contributed by atoms with Crippen molar-refractivity contribution in [1.82, 2.24) is 19.5 Å². The van der Waals surface area contributed by atoms with Crippen molar-refractivity contribution in [1.29, 1.82) is 0 Å². The van der Waals surface area contributed by atoms with Gasteiger partial charge in [-0.05, 0) is 50.5 Å². The molecule has 4 heterocycles. The van der Waals surface area contributed by atoms with E-state index in [2.05, 4.69) is 9.97 Å². The fraction of sp³-hybridized carbons (Fsp3) is 0.259. The van der Waals surface area contributed by atoms with E-state index in [1.54, 1.807) is 25.3 Å². The molecule has 0 atom stereocenters. The standard InChI is InChI=1S/C27H23ClF2N4O3/c1-15-11-31-20(19-4-3-5-24(33-19)27(14-35)6-7-27)10-22(15)34-16(2)8-23(25(28)26(34)36)37-13-21-18(30)9-17(29)12-32-21/h3-5,8-12,35H,6-7,13-14H2,1-2H3. The highest BCUT2D eigenvalue weighted by atomic mass is 35.5. The third kappa shape index (κ3) is 4.72. The van der Waals surface area contributed by atoms with Crippen LogP contribution in [0.2, 0.25) is 5.02 Å². The van der Waals surface area contributed by atoms with Crippen molar-refractivity contribution in [3.05, 3.63) is 98.4 Å². The maximum atomic E-state index is 13.9. The van der Waals surface area contributed by atoms with Gasteiger partial charge in [-0.15, -0.1) is 0 Å². The fourth-order valence-corrected chi connectivity index (χ4v) is 4.39. The van der Waals surface area contributed by atoms with Gasteiger partial charge in [-0.3, -0.25) is 24.3 Å². The molecule has 7 nitrogen and oxygen atoms in total. The second-order valence-corrected chi connectivity index (χ2v) is 9.56. The molecule has 4 aromatic heterocycles. The van der Waals surface area contributed by atoms with Crippen LogP contribution in [-0.2, 0) is 12.0 Å². The quantitative estimate of drug-likeness (QED) is 0.372. The van der Waals surface area contributed by atoms with Gasteiger partial charge in [0.25, 0.3) is 5.56 Å². The second-order valence-electron chi connectivity index (χ2n) is 9.18. The zero-order valence-electron chi connectivity index (χ0n) is 20.1. The molecule has 0 saturated heterocycles. The number of aliphatic hydroxyl groups excluding tert-OH is 1. The summed E-state index contributed by atoms with van der Waals surface area (Å²) in [6.45, 7) is 3.26. The number of aliphatic hydroxyl groups is 1. The van der Waals surface area contributed by atoms with Crippen molar-refractivity contribution < 1.29 is 18.6 Å². The molecule has 1 saturated carbocycles. The molecule has 1 aliphatic carbocycles. The Balaban J connectivity index is 1.49. The summed E-state index contributed by atoms with van der Waals surface area (Å²) in [6.07, 6.45) is 4.32. The van der Waals surface area contributed by atoms with Gasteiger partial charge in [-0.2, -0.15) is 0 Å². The van der Waals surface area contributed by atoms with Gasteiger partial charge in [0, 0.05) is 35.1 Å². The molecule has 4 aromatic rings. The summed E-state index contributed by atoms with van der Waals surface area (Å²) in [7, 11) is 0. The van der Waals surface area contributed by atoms with Gasteiger partial charge >= 0.3 is 0 Å². The SMILES string of the molecule is Cc1cnc(-c2cccc(C3(CO)CC3)n2)cc1-n1c(C)cc(OCc2ncc(F)cc2F)c(Cl)c1=O. The van der Waals surface area contributed by atoms with Crippen LogP contribution in [-0.4, -0.2) is 31.2 Å². The first-order valence-corrected chi connectivity index (χ1v) is 12.0. The van der Waals surface area contributed by atoms with Gasteiger partial charge in [-0.1, -0.05) is 17.7 Å². The largest absolute Gasteiger partial charge is 0.485 e. The third-order valence-corrected chi connectivity index (χ3v) is 6.92. The number of hydrogen-bond acceptors (Lipinski definition) is 6. The maximum Gasteiger partial charge on any atom is 0.277 e. The molecule has 0 bridgehead atoms. The van der Waals surface area contributed by atoms with Gasteiger partial charge < -0.3 is 9.84 Å². The predicted molar refractivity (Wildman–Crippen MR) is 134 cm³/mol. The predicted octanol–water partition coefficient (Wildman–Crippen LogP) is 4.84. The first-order valence-electron chi connectivity index (χ1n) is 11.6. The van der Waals surface area contributed by atoms with Crippen LogP contribution in [0.25, 0.3) is 17.1 Å². The van der Waals surface area contributed by atoms with Crippen molar-refractivity contribution in [2.45, 2.75) is 38.7 Å². The summed E-state index contributed by atoms with van der Waals surface area (Å²) in [5, 5.41) is 9.59. The molecule has 0 spiro atoms. The highest BCUT2D eigenvalue weighted by molar-refractivity contribution is 6.31. The normalized spacial score (nSPS) is 14.0.